The summed E-state index contributed by atoms with van der Waals surface area (Å²) < 4.78 is 57.7. The third kappa shape index (κ3) is 3.52. The van der Waals surface area contributed by atoms with Crippen LogP contribution in [0, 0.1) is 15.9 Å². The summed E-state index contributed by atoms with van der Waals surface area (Å²) >= 11 is 0. The van der Waals surface area contributed by atoms with Gasteiger partial charge in [0.05, 0.1) is 6.61 Å². The molecule has 0 N–H and O–H groups in total. The Morgan fingerprint density at radius 2 is 2.10 bits per heavy atom. The van der Waals surface area contributed by atoms with Gasteiger partial charge in [0.15, 0.2) is 17.5 Å². The minimum absolute atomic E-state index is 0.223. The Bertz CT molecular complexity index is 546. The fraction of sp³-hybridized carbons (Fsp3) is 0.333. The number of rotatable bonds is 4. The van der Waals surface area contributed by atoms with Crippen molar-refractivity contribution in [3.8, 4) is 5.75 Å². The topological polar surface area (TPSA) is 91.6 Å². The number of alkyl halides is 3. The van der Waals surface area contributed by atoms with E-state index in [9.17, 15) is 32.5 Å². The van der Waals surface area contributed by atoms with Crippen molar-refractivity contribution in [2.75, 3.05) is 6.61 Å². The van der Waals surface area contributed by atoms with Crippen molar-refractivity contribution in [1.82, 2.24) is 4.98 Å². The molecule has 0 bridgehead atoms. The Hall–Kier alpha value is -2.46. The standard InChI is InChI=1S/C9H6F4N2O5/c1-2-19-8(16)5-4(20-9(11,12)13)3-14-7(6(5)10)15(17)18/h3H,2H2,1H3. The van der Waals surface area contributed by atoms with Gasteiger partial charge in [-0.05, 0) is 16.8 Å². The molecule has 0 saturated carbocycles. The van der Waals surface area contributed by atoms with Crippen LogP contribution in [0.4, 0.5) is 23.4 Å². The molecule has 0 radical (unpaired) electrons. The first-order chi connectivity index (χ1) is 9.17. The lowest BCUT2D eigenvalue weighted by Gasteiger charge is -2.11. The molecule has 0 saturated heterocycles. The number of esters is 1. The summed E-state index contributed by atoms with van der Waals surface area (Å²) in [7, 11) is 0. The van der Waals surface area contributed by atoms with Crippen molar-refractivity contribution < 1.29 is 36.8 Å². The molecule has 1 heterocycles. The summed E-state index contributed by atoms with van der Waals surface area (Å²) in [6.45, 7) is 1.04. The molecule has 7 nitrogen and oxygen atoms in total. The number of carbonyl (C=O) groups excluding carboxylic acids is 1. The highest BCUT2D eigenvalue weighted by atomic mass is 19.4. The molecule has 0 fully saturated rings. The average molecular weight is 298 g/mol. The molecule has 1 rings (SSSR count). The maximum absolute atomic E-state index is 13.7. The molecule has 1 aromatic heterocycles. The summed E-state index contributed by atoms with van der Waals surface area (Å²) in [6.07, 6.45) is -5.01. The van der Waals surface area contributed by atoms with Crippen LogP contribution in [0.2, 0.25) is 0 Å². The number of nitro groups is 1. The second-order valence-corrected chi connectivity index (χ2v) is 3.16. The molecule has 1 aromatic rings. The Kier molecular flexibility index (Phi) is 4.42. The first kappa shape index (κ1) is 15.6. The van der Waals surface area contributed by atoms with Gasteiger partial charge in [-0.2, -0.15) is 4.39 Å². The molecule has 0 unspecified atom stereocenters. The Morgan fingerprint density at radius 3 is 2.55 bits per heavy atom. The quantitative estimate of drug-likeness (QED) is 0.366. The number of hydrogen-bond acceptors (Lipinski definition) is 6. The molecule has 0 spiro atoms. The second-order valence-electron chi connectivity index (χ2n) is 3.16. The molecule has 11 heteroatoms. The molecule has 0 atom stereocenters. The van der Waals surface area contributed by atoms with Crippen molar-refractivity contribution in [3.05, 3.63) is 27.7 Å². The summed E-state index contributed by atoms with van der Waals surface area (Å²) in [6, 6.07) is 0. The monoisotopic (exact) mass is 298 g/mol. The Balaban J connectivity index is 3.41. The van der Waals surface area contributed by atoms with Crippen LogP contribution < -0.4 is 4.74 Å². The maximum Gasteiger partial charge on any atom is 0.573 e. The van der Waals surface area contributed by atoms with E-state index >= 15 is 0 Å². The summed E-state index contributed by atoms with van der Waals surface area (Å²) in [5.74, 6) is -6.13. The maximum atomic E-state index is 13.7. The number of pyridine rings is 1. The minimum atomic E-state index is -5.23. The first-order valence-electron chi connectivity index (χ1n) is 4.93. The summed E-state index contributed by atoms with van der Waals surface area (Å²) in [4.78, 5) is 23.4. The molecule has 110 valence electrons. The Morgan fingerprint density at radius 1 is 1.50 bits per heavy atom. The van der Waals surface area contributed by atoms with Crippen LogP contribution in [0.25, 0.3) is 0 Å². The summed E-state index contributed by atoms with van der Waals surface area (Å²) in [5, 5.41) is 10.4. The van der Waals surface area contributed by atoms with Crippen LogP contribution in [0.5, 0.6) is 5.75 Å². The molecule has 0 aliphatic carbocycles. The number of ether oxygens (including phenoxy) is 2. The SMILES string of the molecule is CCOC(=O)c1c(OC(F)(F)F)cnc([N+](=O)[O-])c1F. The van der Waals surface area contributed by atoms with Gasteiger partial charge in [-0.15, -0.1) is 13.2 Å². The van der Waals surface area contributed by atoms with Gasteiger partial charge < -0.3 is 19.6 Å². The van der Waals surface area contributed by atoms with Gasteiger partial charge in [-0.3, -0.25) is 0 Å². The average Bonchev–Trinajstić information content (AvgIpc) is 2.26. The van der Waals surface area contributed by atoms with E-state index in [4.69, 9.17) is 0 Å². The van der Waals surface area contributed by atoms with E-state index in [1.165, 1.54) is 6.92 Å². The van der Waals surface area contributed by atoms with Crippen LogP contribution in [0.3, 0.4) is 0 Å². The highest BCUT2D eigenvalue weighted by Crippen LogP contribution is 2.31. The van der Waals surface area contributed by atoms with Gasteiger partial charge >= 0.3 is 18.1 Å². The smallest absolute Gasteiger partial charge is 0.462 e. The lowest BCUT2D eigenvalue weighted by molar-refractivity contribution is -0.392. The van der Waals surface area contributed by atoms with Gasteiger partial charge in [0, 0.05) is 0 Å². The van der Waals surface area contributed by atoms with Crippen molar-refractivity contribution in [3.63, 3.8) is 0 Å². The normalized spacial score (nSPS) is 11.1. The van der Waals surface area contributed by atoms with E-state index in [2.05, 4.69) is 14.5 Å². The third-order valence-electron chi connectivity index (χ3n) is 1.84. The molecular weight excluding hydrogens is 292 g/mol. The van der Waals surface area contributed by atoms with E-state index in [1.54, 1.807) is 0 Å². The molecule has 0 aromatic carbocycles. The van der Waals surface area contributed by atoms with Gasteiger partial charge in [-0.1, -0.05) is 0 Å². The highest BCUT2D eigenvalue weighted by Gasteiger charge is 2.37. The highest BCUT2D eigenvalue weighted by molar-refractivity contribution is 5.93. The van der Waals surface area contributed by atoms with Gasteiger partial charge in [0.25, 0.3) is 0 Å². The van der Waals surface area contributed by atoms with E-state index in [1.807, 2.05) is 0 Å². The molecule has 0 aliphatic rings. The lowest BCUT2D eigenvalue weighted by Crippen LogP contribution is -2.21. The Labute approximate surface area is 108 Å². The number of halogens is 4. The molecule has 0 aliphatic heterocycles. The molecular formula is C9H6F4N2O5. The van der Waals surface area contributed by atoms with Crippen LogP contribution in [0.15, 0.2) is 6.20 Å². The third-order valence-corrected chi connectivity index (χ3v) is 1.84. The number of aromatic nitrogens is 1. The predicted molar refractivity (Wildman–Crippen MR) is 53.5 cm³/mol. The van der Waals surface area contributed by atoms with Crippen LogP contribution >= 0.6 is 0 Å². The zero-order chi connectivity index (χ0) is 15.5. The van der Waals surface area contributed by atoms with Crippen LogP contribution in [-0.4, -0.2) is 28.8 Å². The minimum Gasteiger partial charge on any atom is -0.462 e. The van der Waals surface area contributed by atoms with E-state index in [0.29, 0.717) is 0 Å². The van der Waals surface area contributed by atoms with Crippen molar-refractivity contribution in [2.45, 2.75) is 13.3 Å². The van der Waals surface area contributed by atoms with Crippen molar-refractivity contribution >= 4 is 11.8 Å². The number of carbonyl (C=O) groups is 1. The second kappa shape index (κ2) is 5.67. The predicted octanol–water partition coefficient (Wildman–Crippen LogP) is 2.20. The zero-order valence-corrected chi connectivity index (χ0v) is 9.73. The van der Waals surface area contributed by atoms with Crippen LogP contribution in [-0.2, 0) is 4.74 Å². The van der Waals surface area contributed by atoms with Gasteiger partial charge in [-0.25, -0.2) is 4.79 Å². The number of nitrogens with zero attached hydrogens (tertiary/aromatic N) is 2. The van der Waals surface area contributed by atoms with Gasteiger partial charge in [0.1, 0.15) is 0 Å². The summed E-state index contributed by atoms with van der Waals surface area (Å²) in [5.41, 5.74) is -1.34. The first-order valence-corrected chi connectivity index (χ1v) is 4.93. The number of hydrogen-bond donors (Lipinski definition) is 0. The fourth-order valence-corrected chi connectivity index (χ4v) is 1.18. The van der Waals surface area contributed by atoms with E-state index in [-0.39, 0.29) is 12.8 Å². The van der Waals surface area contributed by atoms with Crippen molar-refractivity contribution in [2.24, 2.45) is 0 Å². The molecule has 0 amide bonds. The lowest BCUT2D eigenvalue weighted by atomic mass is 10.2. The van der Waals surface area contributed by atoms with Crippen molar-refractivity contribution in [1.29, 1.82) is 0 Å². The van der Waals surface area contributed by atoms with Crippen LogP contribution in [0.1, 0.15) is 17.3 Å². The van der Waals surface area contributed by atoms with E-state index < -0.39 is 40.2 Å². The zero-order valence-electron chi connectivity index (χ0n) is 9.73. The fourth-order valence-electron chi connectivity index (χ4n) is 1.18. The largest absolute Gasteiger partial charge is 0.573 e. The molecule has 20 heavy (non-hydrogen) atoms. The van der Waals surface area contributed by atoms with E-state index in [0.717, 1.165) is 0 Å². The van der Waals surface area contributed by atoms with Gasteiger partial charge in [0.2, 0.25) is 5.82 Å².